The molecule has 0 aromatic rings. The second-order valence-corrected chi connectivity index (χ2v) is 8.28. The smallest absolute Gasteiger partial charge is 0.187 e. The van der Waals surface area contributed by atoms with E-state index in [0.717, 1.165) is 25.7 Å². The van der Waals surface area contributed by atoms with Crippen molar-refractivity contribution >= 4 is 0 Å². The molecule has 31 heavy (non-hydrogen) atoms. The van der Waals surface area contributed by atoms with Crippen LogP contribution in [0.25, 0.3) is 0 Å². The van der Waals surface area contributed by atoms with Gasteiger partial charge in [0.1, 0.15) is 48.8 Å². The van der Waals surface area contributed by atoms with Gasteiger partial charge in [0.05, 0.1) is 19.8 Å². The Morgan fingerprint density at radius 1 is 0.710 bits per heavy atom. The molecule has 2 rings (SSSR count). The van der Waals surface area contributed by atoms with E-state index in [2.05, 4.69) is 13.8 Å². The summed E-state index contributed by atoms with van der Waals surface area (Å²) in [6.45, 7) is 3.24. The third-order valence-corrected chi connectivity index (χ3v) is 5.85. The molecule has 7 N–H and O–H groups in total. The van der Waals surface area contributed by atoms with Crippen LogP contribution in [0, 0.1) is 5.92 Å². The molecule has 0 aliphatic carbocycles. The molecular formula is C20H38O11. The second-order valence-electron chi connectivity index (χ2n) is 8.28. The van der Waals surface area contributed by atoms with Gasteiger partial charge in [-0.2, -0.15) is 0 Å². The number of hydrogen-bond acceptors (Lipinski definition) is 11. The zero-order valence-electron chi connectivity index (χ0n) is 18.1. The van der Waals surface area contributed by atoms with Gasteiger partial charge in [-0.05, 0) is 18.8 Å². The van der Waals surface area contributed by atoms with Gasteiger partial charge in [0.25, 0.3) is 0 Å². The van der Waals surface area contributed by atoms with E-state index >= 15 is 0 Å². The Kier molecular flexibility index (Phi) is 11.0. The summed E-state index contributed by atoms with van der Waals surface area (Å²) in [7, 11) is 0. The molecule has 2 aliphatic heterocycles. The molecule has 2 aliphatic rings. The summed E-state index contributed by atoms with van der Waals surface area (Å²) in [5.74, 6) is 0.276. The van der Waals surface area contributed by atoms with Crippen LogP contribution < -0.4 is 0 Å². The summed E-state index contributed by atoms with van der Waals surface area (Å²) >= 11 is 0. The third kappa shape index (κ3) is 6.55. The lowest BCUT2D eigenvalue weighted by Gasteiger charge is -2.46. The maximum absolute atomic E-state index is 10.6. The van der Waals surface area contributed by atoms with Crippen LogP contribution in [0.3, 0.4) is 0 Å². The van der Waals surface area contributed by atoms with Crippen molar-refractivity contribution in [1.82, 2.24) is 0 Å². The van der Waals surface area contributed by atoms with E-state index in [1.54, 1.807) is 0 Å². The van der Waals surface area contributed by atoms with Crippen molar-refractivity contribution in [2.24, 2.45) is 5.92 Å². The number of hydrogen-bond donors (Lipinski definition) is 7. The van der Waals surface area contributed by atoms with Crippen molar-refractivity contribution in [2.45, 2.75) is 101 Å². The molecule has 0 bridgehead atoms. The molecule has 184 valence electrons. The van der Waals surface area contributed by atoms with Gasteiger partial charge in [-0.15, -0.1) is 0 Å². The van der Waals surface area contributed by atoms with Crippen LogP contribution in [-0.2, 0) is 18.9 Å². The largest absolute Gasteiger partial charge is 0.394 e. The zero-order chi connectivity index (χ0) is 23.1. The lowest BCUT2D eigenvalue weighted by Crippen LogP contribution is -2.64. The minimum absolute atomic E-state index is 0.276. The molecule has 0 aromatic carbocycles. The Bertz CT molecular complexity index is 500. The van der Waals surface area contributed by atoms with Crippen LogP contribution in [0.5, 0.6) is 0 Å². The van der Waals surface area contributed by atoms with Crippen LogP contribution >= 0.6 is 0 Å². The first-order chi connectivity index (χ1) is 14.8. The fourth-order valence-corrected chi connectivity index (χ4v) is 4.05. The highest BCUT2D eigenvalue weighted by molar-refractivity contribution is 4.94. The first-order valence-corrected chi connectivity index (χ1v) is 11.0. The fourth-order valence-electron chi connectivity index (χ4n) is 4.05. The van der Waals surface area contributed by atoms with Crippen LogP contribution in [0.4, 0.5) is 0 Å². The second kappa shape index (κ2) is 12.7. The lowest BCUT2D eigenvalue weighted by molar-refractivity contribution is -0.360. The Morgan fingerprint density at radius 2 is 1.26 bits per heavy atom. The highest BCUT2D eigenvalue weighted by Crippen LogP contribution is 2.30. The van der Waals surface area contributed by atoms with Crippen molar-refractivity contribution in [3.05, 3.63) is 0 Å². The SMILES string of the molecule is CCCC(CCC)COC1OC(CO)C(OC2OC(CO)C(O)C(O)C2O)C(O)C1O. The molecule has 11 heteroatoms. The average Bonchev–Trinajstić information content (AvgIpc) is 2.76. The molecule has 10 unspecified atom stereocenters. The Balaban J connectivity index is 2.03. The molecule has 0 amide bonds. The van der Waals surface area contributed by atoms with Gasteiger partial charge in [0.2, 0.25) is 0 Å². The molecule has 0 radical (unpaired) electrons. The monoisotopic (exact) mass is 454 g/mol. The van der Waals surface area contributed by atoms with Crippen LogP contribution in [0.1, 0.15) is 39.5 Å². The summed E-state index contributed by atoms with van der Waals surface area (Å²) < 4.78 is 22.1. The molecule has 11 nitrogen and oxygen atoms in total. The van der Waals surface area contributed by atoms with Crippen molar-refractivity contribution < 1.29 is 54.7 Å². The van der Waals surface area contributed by atoms with E-state index in [9.17, 15) is 35.7 Å². The quantitative estimate of drug-likeness (QED) is 0.181. The average molecular weight is 455 g/mol. The van der Waals surface area contributed by atoms with Crippen LogP contribution in [0.15, 0.2) is 0 Å². The van der Waals surface area contributed by atoms with Crippen LogP contribution in [-0.4, -0.2) is 117 Å². The molecular weight excluding hydrogens is 416 g/mol. The number of rotatable bonds is 11. The van der Waals surface area contributed by atoms with Crippen LogP contribution in [0.2, 0.25) is 0 Å². The summed E-state index contributed by atoms with van der Waals surface area (Å²) in [6, 6.07) is 0. The summed E-state index contributed by atoms with van der Waals surface area (Å²) in [5.41, 5.74) is 0. The van der Waals surface area contributed by atoms with E-state index in [1.807, 2.05) is 0 Å². The molecule has 0 aromatic heterocycles. The fraction of sp³-hybridized carbons (Fsp3) is 1.00. The predicted octanol–water partition coefficient (Wildman–Crippen LogP) is -2.16. The summed E-state index contributed by atoms with van der Waals surface area (Å²) in [5, 5.41) is 70.0. The Labute approximate surface area is 182 Å². The van der Waals surface area contributed by atoms with Gasteiger partial charge in [0, 0.05) is 0 Å². The summed E-state index contributed by atoms with van der Waals surface area (Å²) in [4.78, 5) is 0. The van der Waals surface area contributed by atoms with E-state index in [4.69, 9.17) is 18.9 Å². The van der Waals surface area contributed by atoms with Gasteiger partial charge >= 0.3 is 0 Å². The minimum atomic E-state index is -1.70. The molecule has 0 spiro atoms. The number of aliphatic hydroxyl groups is 7. The topological polar surface area (TPSA) is 179 Å². The molecule has 2 saturated heterocycles. The Hall–Kier alpha value is -0.440. The first kappa shape index (κ1) is 26.8. The molecule has 10 atom stereocenters. The van der Waals surface area contributed by atoms with Gasteiger partial charge in [-0.3, -0.25) is 0 Å². The van der Waals surface area contributed by atoms with Crippen molar-refractivity contribution in [2.75, 3.05) is 19.8 Å². The van der Waals surface area contributed by atoms with E-state index < -0.39 is 74.6 Å². The molecule has 2 fully saturated rings. The van der Waals surface area contributed by atoms with Gasteiger partial charge in [-0.25, -0.2) is 0 Å². The van der Waals surface area contributed by atoms with E-state index in [1.165, 1.54) is 0 Å². The maximum atomic E-state index is 10.6. The number of ether oxygens (including phenoxy) is 4. The van der Waals surface area contributed by atoms with Gasteiger partial charge in [0.15, 0.2) is 12.6 Å². The van der Waals surface area contributed by atoms with Crippen molar-refractivity contribution in [1.29, 1.82) is 0 Å². The standard InChI is InChI=1S/C20H38O11/c1-3-5-10(6-4-2)9-28-19-17(27)15(25)18(12(8-22)30-19)31-20-16(26)14(24)13(23)11(7-21)29-20/h10-27H,3-9H2,1-2H3. The van der Waals surface area contributed by atoms with Crippen molar-refractivity contribution in [3.63, 3.8) is 0 Å². The molecule has 0 saturated carbocycles. The summed E-state index contributed by atoms with van der Waals surface area (Å²) in [6.07, 6.45) is -10.5. The zero-order valence-corrected chi connectivity index (χ0v) is 18.1. The van der Waals surface area contributed by atoms with E-state index in [0.29, 0.717) is 6.61 Å². The van der Waals surface area contributed by atoms with Gasteiger partial charge in [-0.1, -0.05) is 26.7 Å². The highest BCUT2D eigenvalue weighted by atomic mass is 16.7. The minimum Gasteiger partial charge on any atom is -0.394 e. The molecule has 2 heterocycles. The normalized spacial score (nSPS) is 41.6. The lowest BCUT2D eigenvalue weighted by atomic mass is 9.96. The highest BCUT2D eigenvalue weighted by Gasteiger charge is 2.50. The van der Waals surface area contributed by atoms with Gasteiger partial charge < -0.3 is 54.7 Å². The first-order valence-electron chi connectivity index (χ1n) is 11.0. The third-order valence-electron chi connectivity index (χ3n) is 5.85. The maximum Gasteiger partial charge on any atom is 0.187 e. The van der Waals surface area contributed by atoms with Crippen molar-refractivity contribution in [3.8, 4) is 0 Å². The Morgan fingerprint density at radius 3 is 1.81 bits per heavy atom. The number of aliphatic hydroxyl groups excluding tert-OH is 7. The van der Waals surface area contributed by atoms with E-state index in [-0.39, 0.29) is 5.92 Å². The predicted molar refractivity (Wildman–Crippen MR) is 106 cm³/mol.